The molecule has 0 spiro atoms. The molecule has 12 heteroatoms. The molecule has 0 radical (unpaired) electrons. The molecule has 2 aromatic heterocycles. The Hall–Kier alpha value is -4.47. The van der Waals surface area contributed by atoms with Crippen LogP contribution < -0.4 is 21.1 Å². The van der Waals surface area contributed by atoms with Crippen LogP contribution in [0.3, 0.4) is 0 Å². The van der Waals surface area contributed by atoms with Crippen molar-refractivity contribution in [3.8, 4) is 12.0 Å². The third-order valence-electron chi connectivity index (χ3n) is 7.27. The van der Waals surface area contributed by atoms with E-state index in [1.807, 2.05) is 23.6 Å². The quantitative estimate of drug-likeness (QED) is 0.232. The van der Waals surface area contributed by atoms with Crippen LogP contribution >= 0.6 is 0 Å². The van der Waals surface area contributed by atoms with Gasteiger partial charge in [0.1, 0.15) is 11.5 Å². The molecule has 4 aromatic rings. The zero-order valence-corrected chi connectivity index (χ0v) is 25.2. The van der Waals surface area contributed by atoms with E-state index in [0.717, 1.165) is 32.4 Å². The standard InChI is InChI=1S/C31H34FN7O3S/c1-4-37(5-2)14-11-23-18-24-20-34-31(35-25-9-10-28(27(32)19-25)38-15-12-33-13-16-38)36-29(24)39(30(23)40)21-22-7-6-8-26(17-22)43(3,41)42/h6-10,17-20,33H,4-5,12-13,15-16,21H2,1-3H3,(H,34,35,36). The molecule has 224 valence electrons. The van der Waals surface area contributed by atoms with Gasteiger partial charge in [-0.3, -0.25) is 9.36 Å². The number of nitrogens with one attached hydrogen (secondary N) is 2. The van der Waals surface area contributed by atoms with E-state index < -0.39 is 9.84 Å². The van der Waals surface area contributed by atoms with Crippen LogP contribution in [0.25, 0.3) is 11.0 Å². The number of hydrogen-bond acceptors (Lipinski definition) is 9. The summed E-state index contributed by atoms with van der Waals surface area (Å²) in [4.78, 5) is 26.8. The number of aromatic nitrogens is 3. The van der Waals surface area contributed by atoms with Crippen LogP contribution in [0.2, 0.25) is 0 Å². The van der Waals surface area contributed by atoms with Gasteiger partial charge in [-0.15, -0.1) is 0 Å². The molecule has 0 atom stereocenters. The van der Waals surface area contributed by atoms with Crippen molar-refractivity contribution < 1.29 is 12.8 Å². The molecule has 1 saturated heterocycles. The van der Waals surface area contributed by atoms with Gasteiger partial charge in [-0.1, -0.05) is 12.1 Å². The Kier molecular flexibility index (Phi) is 8.94. The fourth-order valence-corrected chi connectivity index (χ4v) is 5.60. The summed E-state index contributed by atoms with van der Waals surface area (Å²) in [5, 5.41) is 6.89. The molecular weight excluding hydrogens is 569 g/mol. The minimum Gasteiger partial charge on any atom is -0.367 e. The van der Waals surface area contributed by atoms with Crippen LogP contribution in [-0.2, 0) is 16.4 Å². The average Bonchev–Trinajstić information content (AvgIpc) is 3.00. The number of rotatable bonds is 8. The first-order valence-electron chi connectivity index (χ1n) is 14.1. The average molecular weight is 604 g/mol. The van der Waals surface area contributed by atoms with Crippen molar-refractivity contribution in [1.82, 2.24) is 24.8 Å². The van der Waals surface area contributed by atoms with Crippen LogP contribution in [0.5, 0.6) is 0 Å². The van der Waals surface area contributed by atoms with Crippen molar-refractivity contribution in [1.29, 1.82) is 0 Å². The lowest BCUT2D eigenvalue weighted by Crippen LogP contribution is -2.43. The van der Waals surface area contributed by atoms with Gasteiger partial charge in [0, 0.05) is 68.8 Å². The van der Waals surface area contributed by atoms with Crippen molar-refractivity contribution in [3.63, 3.8) is 0 Å². The molecule has 2 aromatic carbocycles. The highest BCUT2D eigenvalue weighted by molar-refractivity contribution is 7.90. The number of halogens is 1. The monoisotopic (exact) mass is 603 g/mol. The molecule has 1 aliphatic heterocycles. The lowest BCUT2D eigenvalue weighted by Gasteiger charge is -2.29. The SMILES string of the molecule is CCN(C#Cc1cc2cnc(Nc3ccc(N4CCNCC4)c(F)c3)nc2n(Cc2cccc(S(C)(=O)=O)c2)c1=O)CC. The van der Waals surface area contributed by atoms with Gasteiger partial charge < -0.3 is 20.4 Å². The van der Waals surface area contributed by atoms with Gasteiger partial charge in [0.2, 0.25) is 5.95 Å². The number of nitrogens with zero attached hydrogens (tertiary/aromatic N) is 5. The molecule has 1 fully saturated rings. The lowest BCUT2D eigenvalue weighted by atomic mass is 10.2. The van der Waals surface area contributed by atoms with Crippen molar-refractivity contribution in [2.75, 3.05) is 55.7 Å². The molecule has 0 amide bonds. The van der Waals surface area contributed by atoms with Gasteiger partial charge in [0.15, 0.2) is 9.84 Å². The van der Waals surface area contributed by atoms with Crippen LogP contribution in [-0.4, -0.2) is 73.4 Å². The highest BCUT2D eigenvalue weighted by Crippen LogP contribution is 2.25. The van der Waals surface area contributed by atoms with Crippen molar-refractivity contribution in [3.05, 3.63) is 82.0 Å². The summed E-state index contributed by atoms with van der Waals surface area (Å²) in [6.07, 6.45) is 2.73. The van der Waals surface area contributed by atoms with Crippen LogP contribution in [0.4, 0.5) is 21.7 Å². The van der Waals surface area contributed by atoms with Crippen molar-refractivity contribution in [2.24, 2.45) is 0 Å². The molecular formula is C31H34FN7O3S. The Labute approximate surface area is 250 Å². The summed E-state index contributed by atoms with van der Waals surface area (Å²) in [5.74, 6) is 2.82. The van der Waals surface area contributed by atoms with E-state index in [2.05, 4.69) is 32.6 Å². The van der Waals surface area contributed by atoms with Gasteiger partial charge in [0.05, 0.1) is 22.7 Å². The second kappa shape index (κ2) is 12.8. The molecule has 0 bridgehead atoms. The second-order valence-electron chi connectivity index (χ2n) is 10.3. The van der Waals surface area contributed by atoms with Gasteiger partial charge in [-0.05, 0) is 61.7 Å². The molecule has 10 nitrogen and oxygen atoms in total. The fourth-order valence-electron chi connectivity index (χ4n) is 4.91. The second-order valence-corrected chi connectivity index (χ2v) is 12.3. The zero-order valence-electron chi connectivity index (χ0n) is 24.4. The predicted octanol–water partition coefficient (Wildman–Crippen LogP) is 3.19. The largest absolute Gasteiger partial charge is 0.367 e. The number of fused-ring (bicyclic) bond motifs is 1. The van der Waals surface area contributed by atoms with Gasteiger partial charge >= 0.3 is 0 Å². The van der Waals surface area contributed by atoms with Crippen LogP contribution in [0.15, 0.2) is 64.4 Å². The van der Waals surface area contributed by atoms with Crippen molar-refractivity contribution in [2.45, 2.75) is 25.3 Å². The van der Waals surface area contributed by atoms with Gasteiger partial charge in [-0.25, -0.2) is 17.8 Å². The number of piperazine rings is 1. The third-order valence-corrected chi connectivity index (χ3v) is 8.38. The number of sulfone groups is 1. The molecule has 0 saturated carbocycles. The number of hydrogen-bond donors (Lipinski definition) is 2. The summed E-state index contributed by atoms with van der Waals surface area (Å²) >= 11 is 0. The van der Waals surface area contributed by atoms with E-state index >= 15 is 4.39 Å². The number of anilines is 3. The normalized spacial score (nSPS) is 13.4. The highest BCUT2D eigenvalue weighted by atomic mass is 32.2. The fraction of sp³-hybridized carbons (Fsp3) is 0.323. The first-order chi connectivity index (χ1) is 20.7. The van der Waals surface area contributed by atoms with E-state index in [1.165, 1.54) is 16.7 Å². The summed E-state index contributed by atoms with van der Waals surface area (Å²) in [5.41, 5.74) is 1.85. The van der Waals surface area contributed by atoms with E-state index in [1.54, 1.807) is 42.6 Å². The van der Waals surface area contributed by atoms with E-state index in [0.29, 0.717) is 41.1 Å². The number of benzene rings is 2. The lowest BCUT2D eigenvalue weighted by molar-refractivity contribution is 0.444. The maximum atomic E-state index is 15.0. The first kappa shape index (κ1) is 30.0. The maximum Gasteiger partial charge on any atom is 0.268 e. The van der Waals surface area contributed by atoms with Crippen LogP contribution in [0.1, 0.15) is 25.0 Å². The van der Waals surface area contributed by atoms with E-state index in [-0.39, 0.29) is 34.3 Å². The Morgan fingerprint density at radius 1 is 1.09 bits per heavy atom. The molecule has 0 aliphatic carbocycles. The number of pyridine rings is 1. The molecule has 5 rings (SSSR count). The Morgan fingerprint density at radius 2 is 1.86 bits per heavy atom. The maximum absolute atomic E-state index is 15.0. The molecule has 1 aliphatic rings. The topological polar surface area (TPSA) is 112 Å². The molecule has 2 N–H and O–H groups in total. The Bertz CT molecular complexity index is 1870. The minimum atomic E-state index is -3.45. The Balaban J connectivity index is 1.55. The molecule has 3 heterocycles. The van der Waals surface area contributed by atoms with Crippen LogP contribution in [0, 0.1) is 17.8 Å². The molecule has 0 unspecified atom stereocenters. The Morgan fingerprint density at radius 3 is 2.56 bits per heavy atom. The smallest absolute Gasteiger partial charge is 0.268 e. The zero-order chi connectivity index (χ0) is 30.6. The van der Waals surface area contributed by atoms with E-state index in [4.69, 9.17) is 0 Å². The summed E-state index contributed by atoms with van der Waals surface area (Å²) in [6.45, 7) is 8.49. The predicted molar refractivity (Wildman–Crippen MR) is 167 cm³/mol. The first-order valence-corrected chi connectivity index (χ1v) is 16.0. The van der Waals surface area contributed by atoms with Gasteiger partial charge in [0.25, 0.3) is 5.56 Å². The van der Waals surface area contributed by atoms with Crippen molar-refractivity contribution >= 4 is 38.2 Å². The summed E-state index contributed by atoms with van der Waals surface area (Å²) in [6, 6.07) is 16.1. The van der Waals surface area contributed by atoms with Gasteiger partial charge in [-0.2, -0.15) is 4.98 Å². The third kappa shape index (κ3) is 6.96. The minimum absolute atomic E-state index is 0.0595. The van der Waals surface area contributed by atoms with E-state index in [9.17, 15) is 13.2 Å². The molecule has 43 heavy (non-hydrogen) atoms. The highest BCUT2D eigenvalue weighted by Gasteiger charge is 2.17. The summed E-state index contributed by atoms with van der Waals surface area (Å²) < 4.78 is 40.9. The summed E-state index contributed by atoms with van der Waals surface area (Å²) in [7, 11) is -3.45.